The summed E-state index contributed by atoms with van der Waals surface area (Å²) in [6, 6.07) is 0. The Morgan fingerprint density at radius 2 is 1.77 bits per heavy atom. The second-order valence-corrected chi connectivity index (χ2v) is 3.85. The number of nitrogens with one attached hydrogen (secondary N) is 1. The van der Waals surface area contributed by atoms with Crippen LogP contribution in [0.25, 0.3) is 0 Å². The van der Waals surface area contributed by atoms with Crippen LogP contribution in [0, 0.1) is 5.41 Å². The highest BCUT2D eigenvalue weighted by molar-refractivity contribution is 6.09. The molecule has 2 rings (SSSR count). The molecule has 1 aliphatic heterocycles. The molecule has 1 saturated heterocycles. The molecule has 1 N–H and O–H groups in total. The third-order valence-corrected chi connectivity index (χ3v) is 3.05. The van der Waals surface area contributed by atoms with E-state index in [-0.39, 0.29) is 35.8 Å². The van der Waals surface area contributed by atoms with Gasteiger partial charge in [-0.2, -0.15) is 0 Å². The summed E-state index contributed by atoms with van der Waals surface area (Å²) in [6.07, 6.45) is 2.42. The molecule has 1 saturated carbocycles. The van der Waals surface area contributed by atoms with E-state index in [9.17, 15) is 9.59 Å². The molecule has 1 heterocycles. The molecule has 13 heavy (non-hydrogen) atoms. The summed E-state index contributed by atoms with van der Waals surface area (Å²) >= 11 is 0. The highest BCUT2D eigenvalue weighted by Crippen LogP contribution is 2.40. The van der Waals surface area contributed by atoms with Gasteiger partial charge < -0.3 is 5.32 Å². The lowest BCUT2D eigenvalue weighted by atomic mass is 9.77. The number of rotatable bonds is 0. The zero-order valence-corrected chi connectivity index (χ0v) is 8.28. The first-order valence-corrected chi connectivity index (χ1v) is 4.49. The minimum absolute atomic E-state index is 0. The van der Waals surface area contributed by atoms with Crippen LogP contribution in [0.3, 0.4) is 0 Å². The monoisotopic (exact) mass is 203 g/mol. The molecule has 3 nitrogen and oxygen atoms in total. The number of piperidine rings is 1. The van der Waals surface area contributed by atoms with E-state index < -0.39 is 0 Å². The first-order valence-electron chi connectivity index (χ1n) is 4.49. The lowest BCUT2D eigenvalue weighted by Gasteiger charge is -2.31. The number of halogens is 1. The lowest BCUT2D eigenvalue weighted by Crippen LogP contribution is -2.39. The summed E-state index contributed by atoms with van der Waals surface area (Å²) in [5.41, 5.74) is -0.248. The smallest absolute Gasteiger partial charge is 0.146 e. The zero-order valence-electron chi connectivity index (χ0n) is 7.47. The van der Waals surface area contributed by atoms with E-state index >= 15 is 0 Å². The molecule has 0 bridgehead atoms. The van der Waals surface area contributed by atoms with E-state index in [0.717, 1.165) is 25.9 Å². The van der Waals surface area contributed by atoms with E-state index in [1.54, 1.807) is 0 Å². The molecule has 2 fully saturated rings. The quantitative estimate of drug-likeness (QED) is 0.590. The van der Waals surface area contributed by atoms with Gasteiger partial charge in [0, 0.05) is 11.8 Å². The predicted molar refractivity (Wildman–Crippen MR) is 51.0 cm³/mol. The van der Waals surface area contributed by atoms with Gasteiger partial charge in [-0.15, -0.1) is 12.4 Å². The van der Waals surface area contributed by atoms with E-state index in [1.165, 1.54) is 0 Å². The minimum atomic E-state index is -0.248. The molecule has 0 amide bonds. The van der Waals surface area contributed by atoms with Crippen molar-refractivity contribution in [1.29, 1.82) is 0 Å². The maximum atomic E-state index is 11.5. The van der Waals surface area contributed by atoms with Crippen LogP contribution in [-0.4, -0.2) is 24.7 Å². The van der Waals surface area contributed by atoms with E-state index in [2.05, 4.69) is 5.32 Å². The van der Waals surface area contributed by atoms with Crippen molar-refractivity contribution in [1.82, 2.24) is 5.32 Å². The Labute approximate surface area is 83.7 Å². The van der Waals surface area contributed by atoms with Crippen molar-refractivity contribution in [3.63, 3.8) is 0 Å². The van der Waals surface area contributed by atoms with Gasteiger partial charge >= 0.3 is 0 Å². The van der Waals surface area contributed by atoms with E-state index in [0.29, 0.717) is 6.42 Å². The van der Waals surface area contributed by atoms with Crippen molar-refractivity contribution >= 4 is 24.0 Å². The predicted octanol–water partition coefficient (Wildman–Crippen LogP) is 0.710. The Morgan fingerprint density at radius 3 is 2.23 bits per heavy atom. The van der Waals surface area contributed by atoms with Crippen LogP contribution in [0.2, 0.25) is 0 Å². The van der Waals surface area contributed by atoms with Crippen molar-refractivity contribution < 1.29 is 9.59 Å². The fraction of sp³-hybridized carbons (Fsp3) is 0.778. The normalized spacial score (nSPS) is 26.2. The Morgan fingerprint density at radius 1 is 1.15 bits per heavy atom. The first-order chi connectivity index (χ1) is 5.73. The van der Waals surface area contributed by atoms with Gasteiger partial charge in [0.15, 0.2) is 0 Å². The summed E-state index contributed by atoms with van der Waals surface area (Å²) in [4.78, 5) is 22.6. The molecular formula is C9H14ClNO2. The molecule has 0 aromatic carbocycles. The average molecular weight is 204 g/mol. The maximum absolute atomic E-state index is 11.5. The Balaban J connectivity index is 0.000000845. The summed E-state index contributed by atoms with van der Waals surface area (Å²) in [6.45, 7) is 1.78. The second kappa shape index (κ2) is 3.76. The van der Waals surface area contributed by atoms with Crippen LogP contribution >= 0.6 is 12.4 Å². The molecule has 1 aliphatic carbocycles. The van der Waals surface area contributed by atoms with Crippen LogP contribution in [0.5, 0.6) is 0 Å². The Bertz CT molecular complexity index is 234. The highest BCUT2D eigenvalue weighted by Gasteiger charge is 2.46. The fourth-order valence-corrected chi connectivity index (χ4v) is 2.27. The topological polar surface area (TPSA) is 46.2 Å². The Hall–Kier alpha value is -0.410. The number of carbonyl (C=O) groups excluding carboxylic acids is 2. The molecule has 1 spiro atoms. The summed E-state index contributed by atoms with van der Waals surface area (Å²) < 4.78 is 0. The van der Waals surface area contributed by atoms with Crippen LogP contribution in [0.1, 0.15) is 25.7 Å². The van der Waals surface area contributed by atoms with Crippen molar-refractivity contribution in [3.05, 3.63) is 0 Å². The van der Waals surface area contributed by atoms with Gasteiger partial charge in [0.2, 0.25) is 0 Å². The van der Waals surface area contributed by atoms with Gasteiger partial charge in [-0.1, -0.05) is 0 Å². The molecule has 0 aromatic heterocycles. The van der Waals surface area contributed by atoms with Crippen LogP contribution < -0.4 is 5.32 Å². The highest BCUT2D eigenvalue weighted by atomic mass is 35.5. The van der Waals surface area contributed by atoms with Crippen molar-refractivity contribution in [2.24, 2.45) is 5.41 Å². The molecule has 0 radical (unpaired) electrons. The van der Waals surface area contributed by atoms with E-state index in [4.69, 9.17) is 0 Å². The summed E-state index contributed by atoms with van der Waals surface area (Å²) in [5.74, 6) is 0.330. The SMILES string of the molecule is Cl.O=C1CC(=O)C2(CCNCC2)C1. The molecule has 0 aromatic rings. The van der Waals surface area contributed by atoms with Crippen LogP contribution in [0.4, 0.5) is 0 Å². The van der Waals surface area contributed by atoms with E-state index in [1.807, 2.05) is 0 Å². The standard InChI is InChI=1S/C9H13NO2.ClH/c11-7-5-8(12)9(6-7)1-3-10-4-2-9;/h10H,1-6H2;1H. The van der Waals surface area contributed by atoms with Crippen molar-refractivity contribution in [2.45, 2.75) is 25.7 Å². The summed E-state index contributed by atoms with van der Waals surface area (Å²) in [5, 5.41) is 3.21. The first kappa shape index (κ1) is 10.7. The van der Waals surface area contributed by atoms with Gasteiger partial charge in [-0.05, 0) is 25.9 Å². The van der Waals surface area contributed by atoms with Gasteiger partial charge in [-0.25, -0.2) is 0 Å². The molecule has 4 heteroatoms. The van der Waals surface area contributed by atoms with Gasteiger partial charge in [0.05, 0.1) is 6.42 Å². The third-order valence-electron chi connectivity index (χ3n) is 3.05. The van der Waals surface area contributed by atoms with Crippen LogP contribution in [-0.2, 0) is 9.59 Å². The molecule has 0 atom stereocenters. The Kier molecular flexibility index (Phi) is 3.09. The van der Waals surface area contributed by atoms with Gasteiger partial charge in [0.25, 0.3) is 0 Å². The zero-order chi connectivity index (χ0) is 8.60. The molecular weight excluding hydrogens is 190 g/mol. The number of Topliss-reactive ketones (excluding diaryl/α,β-unsaturated/α-hetero) is 2. The molecule has 74 valence electrons. The number of carbonyl (C=O) groups is 2. The van der Waals surface area contributed by atoms with Crippen molar-refractivity contribution in [2.75, 3.05) is 13.1 Å². The molecule has 0 unspecified atom stereocenters. The number of ketones is 2. The van der Waals surface area contributed by atoms with Crippen LogP contribution in [0.15, 0.2) is 0 Å². The third kappa shape index (κ3) is 1.76. The molecule has 2 aliphatic rings. The minimum Gasteiger partial charge on any atom is -0.317 e. The second-order valence-electron chi connectivity index (χ2n) is 3.85. The van der Waals surface area contributed by atoms with Gasteiger partial charge in [0.1, 0.15) is 11.6 Å². The maximum Gasteiger partial charge on any atom is 0.146 e. The summed E-state index contributed by atoms with van der Waals surface area (Å²) in [7, 11) is 0. The van der Waals surface area contributed by atoms with Crippen molar-refractivity contribution in [3.8, 4) is 0 Å². The number of hydrogen-bond donors (Lipinski definition) is 1. The fourth-order valence-electron chi connectivity index (χ4n) is 2.27. The largest absolute Gasteiger partial charge is 0.317 e. The van der Waals surface area contributed by atoms with Gasteiger partial charge in [-0.3, -0.25) is 9.59 Å². The average Bonchev–Trinajstić information content (AvgIpc) is 2.29. The lowest BCUT2D eigenvalue weighted by molar-refractivity contribution is -0.127. The number of hydrogen-bond acceptors (Lipinski definition) is 3.